The number of hydrogen-bond donors (Lipinski definition) is 6. The van der Waals surface area contributed by atoms with Crippen LogP contribution in [0.25, 0.3) is 0 Å². The smallest absolute Gasteiger partial charge is 0.394 e. The number of halogens is 3. The third kappa shape index (κ3) is 8.40. The number of aliphatic hydroxyl groups excluding tert-OH is 1. The molecule has 0 unspecified atom stereocenters. The van der Waals surface area contributed by atoms with Crippen LogP contribution in [-0.2, 0) is 20.0 Å². The molecule has 6 N–H and O–H groups in total. The van der Waals surface area contributed by atoms with E-state index in [1.54, 1.807) is 0 Å². The number of nitrogens with one attached hydrogen (secondary N) is 3. The maximum atomic E-state index is 14.8. The molecule has 0 bridgehead atoms. The molecule has 1 aromatic heterocycles. The molecule has 44 heavy (non-hydrogen) atoms. The molecule has 234 valence electrons. The Balaban J connectivity index is 0.000000818. The summed E-state index contributed by atoms with van der Waals surface area (Å²) in [7, 11) is -4.67. The van der Waals surface area contributed by atoms with E-state index < -0.39 is 68.7 Å². The summed E-state index contributed by atoms with van der Waals surface area (Å²) in [4.78, 5) is 43.0. The lowest BCUT2D eigenvalue weighted by molar-refractivity contribution is -0.131. The molecule has 0 radical (unpaired) electrons. The van der Waals surface area contributed by atoms with Gasteiger partial charge in [0.1, 0.15) is 22.8 Å². The van der Waals surface area contributed by atoms with Crippen LogP contribution >= 0.6 is 0 Å². The van der Waals surface area contributed by atoms with Gasteiger partial charge in [0.05, 0.1) is 24.9 Å². The molecule has 0 spiro atoms. The Kier molecular flexibility index (Phi) is 9.38. The molecule has 1 aliphatic carbocycles. The number of likely N-dealkylation sites (tertiary alicyclic amines) is 1. The number of benzene rings is 2. The molecule has 1 aliphatic heterocycles. The molecular formula is C26H24F3N5O9S. The molecule has 2 aliphatic rings. The zero-order chi connectivity index (χ0) is 32.2. The van der Waals surface area contributed by atoms with E-state index in [1.807, 2.05) is 0 Å². The van der Waals surface area contributed by atoms with E-state index >= 15 is 0 Å². The van der Waals surface area contributed by atoms with Gasteiger partial charge in [0.15, 0.2) is 17.4 Å². The molecule has 1 saturated carbocycles. The molecule has 0 atom stereocenters. The summed E-state index contributed by atoms with van der Waals surface area (Å²) in [5.74, 6) is -4.29. The van der Waals surface area contributed by atoms with Gasteiger partial charge in [0, 0.05) is 30.1 Å². The van der Waals surface area contributed by atoms with E-state index in [2.05, 4.69) is 20.9 Å². The van der Waals surface area contributed by atoms with Gasteiger partial charge < -0.3 is 25.4 Å². The van der Waals surface area contributed by atoms with Gasteiger partial charge in [-0.25, -0.2) is 22.9 Å². The molecule has 18 heteroatoms. The van der Waals surface area contributed by atoms with Gasteiger partial charge in [-0.05, 0) is 43.2 Å². The van der Waals surface area contributed by atoms with Crippen molar-refractivity contribution in [2.24, 2.45) is 5.41 Å². The number of urea groups is 1. The molecule has 2 fully saturated rings. The normalized spacial score (nSPS) is 15.2. The number of nitrogens with zero attached hydrogens (tertiary/aromatic N) is 2. The fourth-order valence-corrected chi connectivity index (χ4v) is 3.89. The molecular weight excluding hydrogens is 615 g/mol. The summed E-state index contributed by atoms with van der Waals surface area (Å²) >= 11 is 0. The Morgan fingerprint density at radius 1 is 0.909 bits per heavy atom. The van der Waals surface area contributed by atoms with E-state index in [-0.39, 0.29) is 43.2 Å². The monoisotopic (exact) mass is 639 g/mol. The fraction of sp³-hybridized carbons (Fsp3) is 0.231. The van der Waals surface area contributed by atoms with Gasteiger partial charge >= 0.3 is 16.4 Å². The van der Waals surface area contributed by atoms with E-state index in [0.29, 0.717) is 0 Å². The lowest BCUT2D eigenvalue weighted by Crippen LogP contribution is -2.54. The van der Waals surface area contributed by atoms with Crippen LogP contribution in [0.5, 0.6) is 11.5 Å². The highest BCUT2D eigenvalue weighted by molar-refractivity contribution is 7.79. The number of aliphatic hydroxyl groups is 1. The van der Waals surface area contributed by atoms with Gasteiger partial charge in [-0.15, -0.1) is 0 Å². The topological polar surface area (TPSA) is 207 Å². The second-order valence-electron chi connectivity index (χ2n) is 9.68. The maximum absolute atomic E-state index is 14.8. The molecule has 3 aromatic rings. The van der Waals surface area contributed by atoms with Crippen molar-refractivity contribution in [3.05, 3.63) is 72.2 Å². The minimum atomic E-state index is -4.67. The fourth-order valence-electron chi connectivity index (χ4n) is 3.89. The van der Waals surface area contributed by atoms with Crippen molar-refractivity contribution >= 4 is 45.4 Å². The van der Waals surface area contributed by atoms with Crippen LogP contribution in [0.15, 0.2) is 54.7 Å². The maximum Gasteiger partial charge on any atom is 0.394 e. The molecule has 14 nitrogen and oxygen atoms in total. The predicted molar refractivity (Wildman–Crippen MR) is 147 cm³/mol. The first-order valence-electron chi connectivity index (χ1n) is 12.6. The lowest BCUT2D eigenvalue weighted by atomic mass is 10.0. The van der Waals surface area contributed by atoms with Crippen LogP contribution in [0.3, 0.4) is 0 Å². The number of anilines is 3. The summed E-state index contributed by atoms with van der Waals surface area (Å²) in [6.07, 6.45) is 1.13. The van der Waals surface area contributed by atoms with Crippen molar-refractivity contribution in [2.45, 2.75) is 18.9 Å². The van der Waals surface area contributed by atoms with Crippen molar-refractivity contribution in [3.8, 4) is 11.5 Å². The van der Waals surface area contributed by atoms with E-state index in [1.165, 1.54) is 35.4 Å². The number of β-amino-alcohol motifs (C(OH)–C–C–N with tert-alkyl or cyclic N) is 1. The van der Waals surface area contributed by atoms with Crippen LogP contribution in [-0.4, -0.2) is 69.6 Å². The van der Waals surface area contributed by atoms with Crippen LogP contribution in [0.4, 0.5) is 35.2 Å². The number of carbonyl (C=O) groups is 3. The van der Waals surface area contributed by atoms with Crippen molar-refractivity contribution in [3.63, 3.8) is 0 Å². The van der Waals surface area contributed by atoms with Gasteiger partial charge in [-0.2, -0.15) is 8.42 Å². The summed E-state index contributed by atoms with van der Waals surface area (Å²) < 4.78 is 79.7. The van der Waals surface area contributed by atoms with Crippen LogP contribution < -0.4 is 20.7 Å². The summed E-state index contributed by atoms with van der Waals surface area (Å²) in [5.41, 5.74) is -1.65. The minimum Gasteiger partial charge on any atom is -0.454 e. The summed E-state index contributed by atoms with van der Waals surface area (Å²) in [6, 6.07) is 8.64. The lowest BCUT2D eigenvalue weighted by Gasteiger charge is -2.35. The molecule has 4 amide bonds. The first-order valence-corrected chi connectivity index (χ1v) is 14.0. The van der Waals surface area contributed by atoms with Crippen LogP contribution in [0.2, 0.25) is 0 Å². The van der Waals surface area contributed by atoms with Gasteiger partial charge in [-0.3, -0.25) is 24.0 Å². The van der Waals surface area contributed by atoms with E-state index in [4.69, 9.17) is 22.3 Å². The second kappa shape index (κ2) is 12.8. The van der Waals surface area contributed by atoms with Crippen molar-refractivity contribution in [1.82, 2.24) is 9.88 Å². The highest BCUT2D eigenvalue weighted by Gasteiger charge is 2.56. The average Bonchev–Trinajstić information content (AvgIpc) is 3.73. The zero-order valence-electron chi connectivity index (χ0n) is 22.3. The van der Waals surface area contributed by atoms with E-state index in [0.717, 1.165) is 24.3 Å². The van der Waals surface area contributed by atoms with E-state index in [9.17, 15) is 32.7 Å². The zero-order valence-corrected chi connectivity index (χ0v) is 23.1. The number of hydrogen-bond acceptors (Lipinski definition) is 8. The van der Waals surface area contributed by atoms with Crippen molar-refractivity contribution in [2.75, 3.05) is 29.0 Å². The minimum absolute atomic E-state index is 0.0495. The number of pyridine rings is 1. The molecule has 5 rings (SSSR count). The number of carbonyl (C=O) groups excluding carboxylic acids is 3. The first-order chi connectivity index (χ1) is 20.6. The number of ether oxygens (including phenoxy) is 1. The number of amides is 4. The van der Waals surface area contributed by atoms with Crippen LogP contribution in [0.1, 0.15) is 12.8 Å². The van der Waals surface area contributed by atoms with Crippen molar-refractivity contribution in [1.29, 1.82) is 0 Å². The molecule has 1 saturated heterocycles. The third-order valence-electron chi connectivity index (χ3n) is 6.33. The van der Waals surface area contributed by atoms with Crippen molar-refractivity contribution < 1.29 is 54.9 Å². The Morgan fingerprint density at radius 2 is 1.52 bits per heavy atom. The second-order valence-corrected chi connectivity index (χ2v) is 10.6. The third-order valence-corrected chi connectivity index (χ3v) is 6.33. The highest BCUT2D eigenvalue weighted by Crippen LogP contribution is 2.47. The average molecular weight is 640 g/mol. The Labute approximate surface area is 247 Å². The number of rotatable bonds is 7. The highest BCUT2D eigenvalue weighted by atomic mass is 32.3. The summed E-state index contributed by atoms with van der Waals surface area (Å²) in [5, 5.41) is 16.6. The number of aromatic nitrogens is 1. The predicted octanol–water partition coefficient (Wildman–Crippen LogP) is 3.20. The molecule has 2 aromatic carbocycles. The summed E-state index contributed by atoms with van der Waals surface area (Å²) in [6.45, 7) is 0.380. The Hall–Kier alpha value is -4.78. The van der Waals surface area contributed by atoms with Gasteiger partial charge in [-0.1, -0.05) is 0 Å². The van der Waals surface area contributed by atoms with Gasteiger partial charge in [0.25, 0.3) is 0 Å². The van der Waals surface area contributed by atoms with Gasteiger partial charge in [0.2, 0.25) is 11.8 Å². The Morgan fingerprint density at radius 3 is 2.11 bits per heavy atom. The van der Waals surface area contributed by atoms with Crippen LogP contribution in [0, 0.1) is 22.9 Å². The Bertz CT molecular complexity index is 1670. The standard InChI is InChI=1S/C26H22F3N5O5.H2O4S/c27-14-1-3-15(4-2-14)31-23(36)26(6-7-26)24(37)32-20-10-19(29)21(11-18(20)28)39-17-5-8-30-22(9-17)33-25(38)34-12-16(35)13-34;1-5(2,3)4/h1-5,8-11,16,35H,6-7,12-13H2,(H,31,36)(H,32,37)(H,30,33,38);(H2,1,2,3,4). The largest absolute Gasteiger partial charge is 0.454 e. The molecule has 2 heterocycles. The SMILES string of the molecule is O=C(Nc1cc(Oc2cc(F)c(NC(=O)C3(C(=O)Nc4ccc(F)cc4)CC3)cc2F)ccn1)N1CC(O)C1.O=S(=O)(O)O. The first kappa shape index (κ1) is 32.1. The quantitative estimate of drug-likeness (QED) is 0.164.